The maximum Gasteiger partial charge on any atom is 0.236 e. The Balaban J connectivity index is 2.39. The lowest BCUT2D eigenvalue weighted by Gasteiger charge is -2.18. The number of carbonyl (C=O) groups is 1. The third-order valence-corrected chi connectivity index (χ3v) is 4.39. The van der Waals surface area contributed by atoms with E-state index in [2.05, 4.69) is 39.6 Å². The van der Waals surface area contributed by atoms with Gasteiger partial charge in [0.25, 0.3) is 0 Å². The summed E-state index contributed by atoms with van der Waals surface area (Å²) in [7, 11) is 1.62. The van der Waals surface area contributed by atoms with Crippen LogP contribution in [-0.2, 0) is 9.53 Å². The van der Waals surface area contributed by atoms with Gasteiger partial charge < -0.3 is 10.1 Å². The minimum absolute atomic E-state index is 0.00507. The Morgan fingerprint density at radius 2 is 2.28 bits per heavy atom. The number of thiophene rings is 1. The molecule has 0 bridgehead atoms. The highest BCUT2D eigenvalue weighted by Crippen LogP contribution is 2.25. The van der Waals surface area contributed by atoms with E-state index < -0.39 is 0 Å². The lowest BCUT2D eigenvalue weighted by Crippen LogP contribution is -2.43. The molecule has 1 amide bonds. The van der Waals surface area contributed by atoms with Crippen LogP contribution in [-0.4, -0.2) is 32.2 Å². The van der Waals surface area contributed by atoms with Crippen LogP contribution in [0.4, 0.5) is 0 Å². The summed E-state index contributed by atoms with van der Waals surface area (Å²) in [6, 6.07) is 2.00. The fourth-order valence-corrected chi connectivity index (χ4v) is 2.98. The monoisotopic (exact) mass is 334 g/mol. The highest BCUT2D eigenvalue weighted by molar-refractivity contribution is 9.10. The van der Waals surface area contributed by atoms with Crippen molar-refractivity contribution in [3.05, 3.63) is 20.8 Å². The smallest absolute Gasteiger partial charge is 0.236 e. The molecule has 0 aliphatic rings. The van der Waals surface area contributed by atoms with E-state index in [1.165, 1.54) is 4.88 Å². The summed E-state index contributed by atoms with van der Waals surface area (Å²) < 4.78 is 5.96. The third kappa shape index (κ3) is 5.06. The van der Waals surface area contributed by atoms with E-state index >= 15 is 0 Å². The molecule has 1 heterocycles. The SMILES string of the molecule is COCCNC(=O)C(C)NC(C)c1cc(Br)cs1. The van der Waals surface area contributed by atoms with E-state index in [4.69, 9.17) is 4.74 Å². The number of hydrogen-bond donors (Lipinski definition) is 2. The van der Waals surface area contributed by atoms with Gasteiger partial charge in [0.1, 0.15) is 0 Å². The molecule has 2 N–H and O–H groups in total. The van der Waals surface area contributed by atoms with Crippen LogP contribution in [0.15, 0.2) is 15.9 Å². The van der Waals surface area contributed by atoms with E-state index in [9.17, 15) is 4.79 Å². The van der Waals surface area contributed by atoms with Crippen LogP contribution in [0, 0.1) is 0 Å². The van der Waals surface area contributed by atoms with E-state index in [-0.39, 0.29) is 18.0 Å². The van der Waals surface area contributed by atoms with Gasteiger partial charge in [0.2, 0.25) is 5.91 Å². The molecule has 4 nitrogen and oxygen atoms in total. The Bertz CT molecular complexity index is 384. The largest absolute Gasteiger partial charge is 0.383 e. The van der Waals surface area contributed by atoms with E-state index in [0.717, 1.165) is 4.47 Å². The van der Waals surface area contributed by atoms with E-state index in [1.807, 2.05) is 12.3 Å². The van der Waals surface area contributed by atoms with Crippen LogP contribution in [0.1, 0.15) is 24.8 Å². The van der Waals surface area contributed by atoms with Gasteiger partial charge in [-0.2, -0.15) is 0 Å². The molecule has 1 aromatic rings. The molecule has 1 rings (SSSR count). The number of amides is 1. The summed E-state index contributed by atoms with van der Waals surface area (Å²) in [6.45, 7) is 4.99. The number of nitrogens with one attached hydrogen (secondary N) is 2. The molecule has 0 radical (unpaired) electrons. The van der Waals surface area contributed by atoms with E-state index in [1.54, 1.807) is 18.4 Å². The predicted octanol–water partition coefficient (Wildman–Crippen LogP) is 2.31. The fourth-order valence-electron chi connectivity index (χ4n) is 1.52. The highest BCUT2D eigenvalue weighted by atomic mass is 79.9. The summed E-state index contributed by atoms with van der Waals surface area (Å²) in [5.74, 6) is -0.00507. The molecule has 0 aromatic carbocycles. The van der Waals surface area contributed by atoms with Crippen molar-refractivity contribution < 1.29 is 9.53 Å². The van der Waals surface area contributed by atoms with Crippen molar-refractivity contribution in [2.45, 2.75) is 25.9 Å². The van der Waals surface area contributed by atoms with Crippen molar-refractivity contribution in [2.75, 3.05) is 20.3 Å². The van der Waals surface area contributed by atoms with Crippen LogP contribution >= 0.6 is 27.3 Å². The van der Waals surface area contributed by atoms with Gasteiger partial charge in [0.15, 0.2) is 0 Å². The highest BCUT2D eigenvalue weighted by Gasteiger charge is 2.16. The quantitative estimate of drug-likeness (QED) is 0.752. The third-order valence-electron chi connectivity index (χ3n) is 2.51. The molecule has 2 atom stereocenters. The Hall–Kier alpha value is -0.430. The number of methoxy groups -OCH3 is 1. The molecule has 0 spiro atoms. The lowest BCUT2D eigenvalue weighted by molar-refractivity contribution is -0.123. The zero-order valence-corrected chi connectivity index (χ0v) is 13.2. The first-order valence-corrected chi connectivity index (χ1v) is 7.48. The molecule has 0 aliphatic carbocycles. The average Bonchev–Trinajstić information content (AvgIpc) is 2.76. The van der Waals surface area contributed by atoms with Gasteiger partial charge in [-0.05, 0) is 35.8 Å². The van der Waals surface area contributed by atoms with Crippen molar-refractivity contribution in [3.63, 3.8) is 0 Å². The minimum atomic E-state index is -0.224. The second kappa shape index (κ2) is 7.89. The number of rotatable bonds is 7. The van der Waals surface area contributed by atoms with Crippen LogP contribution in [0.5, 0.6) is 0 Å². The minimum Gasteiger partial charge on any atom is -0.383 e. The van der Waals surface area contributed by atoms with Gasteiger partial charge in [-0.15, -0.1) is 11.3 Å². The van der Waals surface area contributed by atoms with Crippen molar-refractivity contribution in [3.8, 4) is 0 Å². The number of hydrogen-bond acceptors (Lipinski definition) is 4. The molecule has 6 heteroatoms. The van der Waals surface area contributed by atoms with Gasteiger partial charge in [0, 0.05) is 34.4 Å². The molecule has 2 unspecified atom stereocenters. The van der Waals surface area contributed by atoms with Crippen molar-refractivity contribution in [1.29, 1.82) is 0 Å². The number of carbonyl (C=O) groups excluding carboxylic acids is 1. The normalized spacial score (nSPS) is 14.2. The molecule has 18 heavy (non-hydrogen) atoms. The number of halogens is 1. The maximum absolute atomic E-state index is 11.8. The predicted molar refractivity (Wildman–Crippen MR) is 77.9 cm³/mol. The molecule has 102 valence electrons. The molecule has 0 fully saturated rings. The van der Waals surface area contributed by atoms with Crippen LogP contribution in [0.3, 0.4) is 0 Å². The van der Waals surface area contributed by atoms with Gasteiger partial charge in [0.05, 0.1) is 12.6 Å². The van der Waals surface area contributed by atoms with Crippen molar-refractivity contribution in [2.24, 2.45) is 0 Å². The molecule has 0 saturated heterocycles. The van der Waals surface area contributed by atoms with Gasteiger partial charge in [-0.1, -0.05) is 0 Å². The van der Waals surface area contributed by atoms with E-state index in [0.29, 0.717) is 13.2 Å². The molecule has 0 saturated carbocycles. The molecular formula is C12H19BrN2O2S. The molecule has 1 aromatic heterocycles. The first-order valence-electron chi connectivity index (χ1n) is 5.81. The summed E-state index contributed by atoms with van der Waals surface area (Å²) in [5, 5.41) is 8.12. The van der Waals surface area contributed by atoms with Crippen molar-refractivity contribution >= 4 is 33.2 Å². The van der Waals surface area contributed by atoms with Gasteiger partial charge in [-0.3, -0.25) is 10.1 Å². The summed E-state index contributed by atoms with van der Waals surface area (Å²) in [5.41, 5.74) is 0. The number of ether oxygens (including phenoxy) is 1. The summed E-state index contributed by atoms with van der Waals surface area (Å²) in [6.07, 6.45) is 0. The topological polar surface area (TPSA) is 50.4 Å². The molecular weight excluding hydrogens is 316 g/mol. The molecule has 0 aliphatic heterocycles. The zero-order valence-electron chi connectivity index (χ0n) is 10.8. The first-order chi connectivity index (χ1) is 8.54. The average molecular weight is 335 g/mol. The van der Waals surface area contributed by atoms with Crippen molar-refractivity contribution in [1.82, 2.24) is 10.6 Å². The Morgan fingerprint density at radius 1 is 1.56 bits per heavy atom. The summed E-state index contributed by atoms with van der Waals surface area (Å²) in [4.78, 5) is 13.0. The first kappa shape index (κ1) is 15.6. The van der Waals surface area contributed by atoms with Gasteiger partial charge in [-0.25, -0.2) is 0 Å². The lowest BCUT2D eigenvalue weighted by atomic mass is 10.2. The Morgan fingerprint density at radius 3 is 2.83 bits per heavy atom. The zero-order chi connectivity index (χ0) is 13.5. The fraction of sp³-hybridized carbons (Fsp3) is 0.583. The van der Waals surface area contributed by atoms with Gasteiger partial charge >= 0.3 is 0 Å². The standard InChI is InChI=1S/C12H19BrN2O2S/c1-8(11-6-10(13)7-18-11)15-9(2)12(16)14-4-5-17-3/h6-9,15H,4-5H2,1-3H3,(H,14,16). The van der Waals surface area contributed by atoms with Crippen LogP contribution in [0.2, 0.25) is 0 Å². The Labute approximate surface area is 120 Å². The second-order valence-corrected chi connectivity index (χ2v) is 5.92. The van der Waals surface area contributed by atoms with Crippen LogP contribution in [0.25, 0.3) is 0 Å². The summed E-state index contributed by atoms with van der Waals surface area (Å²) >= 11 is 5.10. The maximum atomic E-state index is 11.8. The Kier molecular flexibility index (Phi) is 6.85. The second-order valence-electron chi connectivity index (χ2n) is 4.06. The van der Waals surface area contributed by atoms with Crippen LogP contribution < -0.4 is 10.6 Å².